The molecule has 1 aromatic heterocycles. The average Bonchev–Trinajstić information content (AvgIpc) is 2.48. The van der Waals surface area contributed by atoms with Crippen molar-refractivity contribution in [3.63, 3.8) is 0 Å². The molecule has 3 N–H and O–H groups in total. The first-order valence-corrected chi connectivity index (χ1v) is 6.78. The van der Waals surface area contributed by atoms with E-state index in [1.54, 1.807) is 0 Å². The fourth-order valence-electron chi connectivity index (χ4n) is 1.87. The molecule has 0 radical (unpaired) electrons. The number of hydrogen-bond acceptors (Lipinski definition) is 4. The molecule has 22 heavy (non-hydrogen) atoms. The number of hydrogen-bond donors (Lipinski definition) is 2. The number of amides is 1. The summed E-state index contributed by atoms with van der Waals surface area (Å²) in [4.78, 5) is 11.3. The van der Waals surface area contributed by atoms with E-state index in [1.165, 1.54) is 12.1 Å². The van der Waals surface area contributed by atoms with Crippen LogP contribution < -0.4 is 11.1 Å². The van der Waals surface area contributed by atoms with Crippen molar-refractivity contribution >= 4 is 23.3 Å². The normalized spacial score (nSPS) is 12.0. The van der Waals surface area contributed by atoms with Gasteiger partial charge in [0.2, 0.25) is 0 Å². The molecule has 1 amide bonds. The number of nitrogens with one attached hydrogen (secondary N) is 1. The molecule has 0 aliphatic rings. The Kier molecular flexibility index (Phi) is 4.87. The minimum absolute atomic E-state index is 0.0491. The number of aromatic nitrogens is 2. The van der Waals surface area contributed by atoms with Gasteiger partial charge in [-0.2, -0.15) is 0 Å². The minimum Gasteiger partial charge on any atom is -0.367 e. The number of rotatable bonds is 5. The first-order valence-electron chi connectivity index (χ1n) is 6.40. The number of carbonyl (C=O) groups excluding carboxylic acids is 1. The predicted octanol–water partition coefficient (Wildman–Crippen LogP) is 2.72. The molecular formula is C14H13ClF2N4O. The Labute approximate surface area is 130 Å². The number of nitrogens with zero attached hydrogens (tertiary/aromatic N) is 2. The lowest BCUT2D eigenvalue weighted by molar-refractivity contribution is 0.100. The first kappa shape index (κ1) is 16.1. The number of carbonyl (C=O) groups is 1. The van der Waals surface area contributed by atoms with E-state index in [0.29, 0.717) is 12.1 Å². The molecule has 8 heteroatoms. The topological polar surface area (TPSA) is 80.9 Å². The fourth-order valence-corrected chi connectivity index (χ4v) is 2.02. The predicted molar refractivity (Wildman–Crippen MR) is 78.8 cm³/mol. The van der Waals surface area contributed by atoms with Crippen molar-refractivity contribution in [2.45, 2.75) is 12.8 Å². The molecule has 2 aromatic rings. The Morgan fingerprint density at radius 1 is 1.32 bits per heavy atom. The number of anilines is 1. The smallest absolute Gasteiger partial charge is 0.252 e. The third kappa shape index (κ3) is 3.67. The van der Waals surface area contributed by atoms with Crippen LogP contribution in [-0.4, -0.2) is 22.6 Å². The summed E-state index contributed by atoms with van der Waals surface area (Å²) in [5.74, 6) is -2.48. The van der Waals surface area contributed by atoms with E-state index in [0.717, 1.165) is 12.1 Å². The molecule has 0 fully saturated rings. The molecule has 0 aliphatic carbocycles. The second-order valence-corrected chi connectivity index (χ2v) is 5.14. The lowest BCUT2D eigenvalue weighted by Gasteiger charge is -2.14. The third-order valence-corrected chi connectivity index (χ3v) is 3.30. The van der Waals surface area contributed by atoms with E-state index in [1.807, 2.05) is 6.92 Å². The monoisotopic (exact) mass is 326 g/mol. The fraction of sp³-hybridized carbons (Fsp3) is 0.214. The molecule has 1 aromatic carbocycles. The zero-order chi connectivity index (χ0) is 16.3. The van der Waals surface area contributed by atoms with Crippen LogP contribution in [0.3, 0.4) is 0 Å². The van der Waals surface area contributed by atoms with Crippen LogP contribution >= 0.6 is 11.6 Å². The van der Waals surface area contributed by atoms with E-state index in [-0.39, 0.29) is 22.5 Å². The van der Waals surface area contributed by atoms with Gasteiger partial charge in [0.1, 0.15) is 0 Å². The van der Waals surface area contributed by atoms with Gasteiger partial charge in [-0.1, -0.05) is 24.6 Å². The van der Waals surface area contributed by atoms with Gasteiger partial charge >= 0.3 is 0 Å². The Morgan fingerprint density at radius 3 is 2.68 bits per heavy atom. The molecule has 2 rings (SSSR count). The molecule has 0 aliphatic heterocycles. The summed E-state index contributed by atoms with van der Waals surface area (Å²) in [5.41, 5.74) is 5.96. The average molecular weight is 327 g/mol. The van der Waals surface area contributed by atoms with Crippen molar-refractivity contribution in [3.8, 4) is 0 Å². The molecule has 0 bridgehead atoms. The molecule has 1 heterocycles. The molecule has 1 atom stereocenters. The molecule has 0 spiro atoms. The lowest BCUT2D eigenvalue weighted by atomic mass is 10.0. The van der Waals surface area contributed by atoms with Crippen LogP contribution in [0.25, 0.3) is 0 Å². The highest BCUT2D eigenvalue weighted by Gasteiger charge is 2.14. The van der Waals surface area contributed by atoms with Crippen LogP contribution in [0, 0.1) is 11.6 Å². The Bertz CT molecular complexity index is 711. The Balaban J connectivity index is 2.12. The molecule has 116 valence electrons. The number of nitrogens with two attached hydrogens (primary N) is 1. The SMILES string of the molecule is CC(CNc1nnc(Cl)cc1C(N)=O)c1ccc(F)c(F)c1. The van der Waals surface area contributed by atoms with Crippen LogP contribution in [0.4, 0.5) is 14.6 Å². The molecule has 0 saturated carbocycles. The second kappa shape index (κ2) is 6.65. The lowest BCUT2D eigenvalue weighted by Crippen LogP contribution is -2.18. The Morgan fingerprint density at radius 2 is 2.05 bits per heavy atom. The summed E-state index contributed by atoms with van der Waals surface area (Å²) in [6.07, 6.45) is 0. The highest BCUT2D eigenvalue weighted by molar-refractivity contribution is 6.29. The molecule has 0 saturated heterocycles. The van der Waals surface area contributed by atoms with Gasteiger partial charge in [0.05, 0.1) is 5.56 Å². The van der Waals surface area contributed by atoms with Gasteiger partial charge in [0.25, 0.3) is 5.91 Å². The summed E-state index contributed by atoms with van der Waals surface area (Å²) in [6.45, 7) is 2.13. The van der Waals surface area contributed by atoms with Crippen LogP contribution in [-0.2, 0) is 0 Å². The summed E-state index contributed by atoms with van der Waals surface area (Å²) in [6, 6.07) is 5.00. The molecule has 1 unspecified atom stereocenters. The third-order valence-electron chi connectivity index (χ3n) is 3.12. The van der Waals surface area contributed by atoms with Crippen molar-refractivity contribution in [1.29, 1.82) is 0 Å². The Hall–Kier alpha value is -2.28. The van der Waals surface area contributed by atoms with Crippen molar-refractivity contribution < 1.29 is 13.6 Å². The van der Waals surface area contributed by atoms with Crippen LogP contribution in [0.2, 0.25) is 5.15 Å². The molecule has 5 nitrogen and oxygen atoms in total. The standard InChI is InChI=1S/C14H13ClF2N4O/c1-7(8-2-3-10(16)11(17)4-8)6-19-14-9(13(18)22)5-12(15)20-21-14/h2-5,7H,6H2,1H3,(H2,18,22)(H,19,21). The second-order valence-electron chi connectivity index (χ2n) is 4.75. The maximum Gasteiger partial charge on any atom is 0.252 e. The van der Waals surface area contributed by atoms with Crippen molar-refractivity contribution in [2.75, 3.05) is 11.9 Å². The maximum absolute atomic E-state index is 13.2. The zero-order valence-electron chi connectivity index (χ0n) is 11.6. The van der Waals surface area contributed by atoms with E-state index < -0.39 is 17.5 Å². The van der Waals surface area contributed by atoms with E-state index in [9.17, 15) is 13.6 Å². The van der Waals surface area contributed by atoms with Gasteiger partial charge in [-0.3, -0.25) is 4.79 Å². The summed E-state index contributed by atoms with van der Waals surface area (Å²) >= 11 is 5.67. The summed E-state index contributed by atoms with van der Waals surface area (Å²) in [7, 11) is 0. The van der Waals surface area contributed by atoms with Crippen LogP contribution in [0.15, 0.2) is 24.3 Å². The highest BCUT2D eigenvalue weighted by atomic mass is 35.5. The van der Waals surface area contributed by atoms with Gasteiger partial charge in [-0.15, -0.1) is 10.2 Å². The quantitative estimate of drug-likeness (QED) is 0.885. The minimum atomic E-state index is -0.909. The van der Waals surface area contributed by atoms with Gasteiger partial charge in [0, 0.05) is 6.54 Å². The van der Waals surface area contributed by atoms with Crippen LogP contribution in [0.1, 0.15) is 28.8 Å². The van der Waals surface area contributed by atoms with Crippen LogP contribution in [0.5, 0.6) is 0 Å². The van der Waals surface area contributed by atoms with E-state index in [4.69, 9.17) is 17.3 Å². The summed E-state index contributed by atoms with van der Waals surface area (Å²) < 4.78 is 26.1. The largest absolute Gasteiger partial charge is 0.367 e. The first-order chi connectivity index (χ1) is 10.4. The van der Waals surface area contributed by atoms with Gasteiger partial charge in [-0.25, -0.2) is 8.78 Å². The van der Waals surface area contributed by atoms with Crippen molar-refractivity contribution in [2.24, 2.45) is 5.73 Å². The van der Waals surface area contributed by atoms with Gasteiger partial charge in [0.15, 0.2) is 22.6 Å². The highest BCUT2D eigenvalue weighted by Crippen LogP contribution is 2.20. The van der Waals surface area contributed by atoms with Gasteiger partial charge < -0.3 is 11.1 Å². The van der Waals surface area contributed by atoms with Crippen molar-refractivity contribution in [1.82, 2.24) is 10.2 Å². The molecular weight excluding hydrogens is 314 g/mol. The van der Waals surface area contributed by atoms with Crippen molar-refractivity contribution in [3.05, 3.63) is 52.2 Å². The number of halogens is 3. The number of primary amides is 1. The maximum atomic E-state index is 13.2. The number of benzene rings is 1. The van der Waals surface area contributed by atoms with E-state index >= 15 is 0 Å². The zero-order valence-corrected chi connectivity index (χ0v) is 12.4. The van der Waals surface area contributed by atoms with Gasteiger partial charge in [-0.05, 0) is 29.7 Å². The summed E-state index contributed by atoms with van der Waals surface area (Å²) in [5, 5.41) is 10.4. The van der Waals surface area contributed by atoms with E-state index in [2.05, 4.69) is 15.5 Å².